The van der Waals surface area contributed by atoms with Crippen LogP contribution in [0.15, 0.2) is 89.6 Å². The average Bonchev–Trinajstić information content (AvgIpc) is 3.43. The highest BCUT2D eigenvalue weighted by Gasteiger charge is 2.23. The highest BCUT2D eigenvalue weighted by molar-refractivity contribution is 5.87. The van der Waals surface area contributed by atoms with Crippen molar-refractivity contribution in [1.29, 1.82) is 0 Å². The van der Waals surface area contributed by atoms with Gasteiger partial charge < -0.3 is 15.2 Å². The predicted octanol–water partition coefficient (Wildman–Crippen LogP) is 4.90. The van der Waals surface area contributed by atoms with Crippen LogP contribution in [-0.2, 0) is 6.42 Å². The number of nitrogens with zero attached hydrogens (tertiary/aromatic N) is 2. The first kappa shape index (κ1) is 18.3. The van der Waals surface area contributed by atoms with Crippen molar-refractivity contribution >= 4 is 10.9 Å². The molecule has 5 nitrogen and oxygen atoms in total. The number of aromatic amines is 1. The normalized spacial score (nSPS) is 11.4. The summed E-state index contributed by atoms with van der Waals surface area (Å²) in [7, 11) is 0. The van der Waals surface area contributed by atoms with Crippen molar-refractivity contribution in [3.63, 3.8) is 0 Å². The lowest BCUT2D eigenvalue weighted by molar-refractivity contribution is 0.421. The first-order chi connectivity index (χ1) is 14.8. The Hall–Kier alpha value is -3.70. The molecule has 0 saturated heterocycles. The molecule has 30 heavy (non-hydrogen) atoms. The lowest BCUT2D eigenvalue weighted by Crippen LogP contribution is -2.05. The molecular formula is C25H22N4O. The minimum atomic E-state index is -0.0892. The van der Waals surface area contributed by atoms with E-state index in [9.17, 15) is 0 Å². The van der Waals surface area contributed by atoms with Crippen LogP contribution in [-0.4, -0.2) is 21.7 Å². The Morgan fingerprint density at radius 1 is 0.900 bits per heavy atom. The molecule has 0 aliphatic rings. The Bertz CT molecular complexity index is 1220. The first-order valence-electron chi connectivity index (χ1n) is 10.1. The van der Waals surface area contributed by atoms with Crippen molar-refractivity contribution in [3.05, 3.63) is 108 Å². The minimum absolute atomic E-state index is 0.0892. The van der Waals surface area contributed by atoms with Gasteiger partial charge in [-0.1, -0.05) is 65.8 Å². The average molecular weight is 394 g/mol. The van der Waals surface area contributed by atoms with Crippen LogP contribution in [0.5, 0.6) is 0 Å². The molecule has 148 valence electrons. The van der Waals surface area contributed by atoms with Gasteiger partial charge in [0.25, 0.3) is 5.89 Å². The number of H-pyrrole nitrogens is 1. The van der Waals surface area contributed by atoms with Gasteiger partial charge in [-0.2, -0.15) is 4.98 Å². The van der Waals surface area contributed by atoms with Crippen LogP contribution < -0.4 is 5.73 Å². The molecule has 0 saturated carbocycles. The maximum absolute atomic E-state index is 5.75. The van der Waals surface area contributed by atoms with E-state index in [1.807, 2.05) is 54.7 Å². The molecule has 5 aromatic rings. The standard InChI is InChI=1S/C25H22N4O/c26-14-13-20-16-27-22-12-11-19(15-21(20)22)25-28-24(29-30-25)23(17-7-3-1-4-8-17)18-9-5-2-6-10-18/h1-12,15-16,23,27H,13-14,26H2. The maximum Gasteiger partial charge on any atom is 0.257 e. The van der Waals surface area contributed by atoms with Crippen LogP contribution >= 0.6 is 0 Å². The second-order valence-corrected chi connectivity index (χ2v) is 7.33. The quantitative estimate of drug-likeness (QED) is 0.429. The molecule has 2 aromatic heterocycles. The number of benzene rings is 3. The third-order valence-corrected chi connectivity index (χ3v) is 5.39. The van der Waals surface area contributed by atoms with E-state index in [4.69, 9.17) is 15.2 Å². The number of fused-ring (bicyclic) bond motifs is 1. The van der Waals surface area contributed by atoms with Gasteiger partial charge in [-0.05, 0) is 47.9 Å². The summed E-state index contributed by atoms with van der Waals surface area (Å²) in [5.74, 6) is 1.08. The highest BCUT2D eigenvalue weighted by atomic mass is 16.5. The largest absolute Gasteiger partial charge is 0.361 e. The monoisotopic (exact) mass is 394 g/mol. The van der Waals surface area contributed by atoms with E-state index < -0.39 is 0 Å². The number of hydrogen-bond acceptors (Lipinski definition) is 4. The van der Waals surface area contributed by atoms with Crippen molar-refractivity contribution < 1.29 is 4.52 Å². The fourth-order valence-electron chi connectivity index (χ4n) is 3.92. The molecule has 0 aliphatic carbocycles. The van der Waals surface area contributed by atoms with Crippen LogP contribution in [0, 0.1) is 0 Å². The Morgan fingerprint density at radius 3 is 2.27 bits per heavy atom. The zero-order valence-corrected chi connectivity index (χ0v) is 16.5. The van der Waals surface area contributed by atoms with E-state index in [0.717, 1.165) is 34.0 Å². The smallest absolute Gasteiger partial charge is 0.257 e. The predicted molar refractivity (Wildman–Crippen MR) is 118 cm³/mol. The van der Waals surface area contributed by atoms with Crippen molar-refractivity contribution in [3.8, 4) is 11.5 Å². The van der Waals surface area contributed by atoms with E-state index in [1.54, 1.807) is 0 Å². The van der Waals surface area contributed by atoms with Crippen LogP contribution in [0.25, 0.3) is 22.4 Å². The molecule has 0 unspecified atom stereocenters. The van der Waals surface area contributed by atoms with Gasteiger partial charge in [0.05, 0.1) is 5.92 Å². The fourth-order valence-corrected chi connectivity index (χ4v) is 3.92. The van der Waals surface area contributed by atoms with Gasteiger partial charge in [0.1, 0.15) is 0 Å². The van der Waals surface area contributed by atoms with Crippen LogP contribution in [0.2, 0.25) is 0 Å². The topological polar surface area (TPSA) is 80.7 Å². The molecule has 0 spiro atoms. The van der Waals surface area contributed by atoms with Gasteiger partial charge in [0.15, 0.2) is 5.82 Å². The summed E-state index contributed by atoms with van der Waals surface area (Å²) >= 11 is 0. The van der Waals surface area contributed by atoms with Gasteiger partial charge in [-0.3, -0.25) is 0 Å². The van der Waals surface area contributed by atoms with E-state index in [0.29, 0.717) is 18.3 Å². The summed E-state index contributed by atoms with van der Waals surface area (Å²) in [4.78, 5) is 8.08. The summed E-state index contributed by atoms with van der Waals surface area (Å²) in [6.07, 6.45) is 2.84. The molecule has 0 atom stereocenters. The molecule has 3 aromatic carbocycles. The Kier molecular flexibility index (Phi) is 4.87. The summed E-state index contributed by atoms with van der Waals surface area (Å²) in [5, 5.41) is 5.50. The lowest BCUT2D eigenvalue weighted by atomic mass is 9.91. The summed E-state index contributed by atoms with van der Waals surface area (Å²) < 4.78 is 5.70. The molecule has 5 heteroatoms. The van der Waals surface area contributed by atoms with Crippen molar-refractivity contribution in [2.45, 2.75) is 12.3 Å². The molecule has 3 N–H and O–H groups in total. The van der Waals surface area contributed by atoms with E-state index in [2.05, 4.69) is 40.5 Å². The Labute approximate surface area is 174 Å². The lowest BCUT2D eigenvalue weighted by Gasteiger charge is -2.14. The first-order valence-corrected chi connectivity index (χ1v) is 10.1. The number of nitrogens with one attached hydrogen (secondary N) is 1. The molecular weight excluding hydrogens is 372 g/mol. The van der Waals surface area contributed by atoms with Gasteiger partial charge >= 0.3 is 0 Å². The maximum atomic E-state index is 5.75. The SMILES string of the molecule is NCCc1c[nH]c2ccc(-c3nc(C(c4ccccc4)c4ccccc4)no3)cc12. The third kappa shape index (κ3) is 3.40. The number of aromatic nitrogens is 3. The van der Waals surface area contributed by atoms with Crippen LogP contribution in [0.3, 0.4) is 0 Å². The fraction of sp³-hybridized carbons (Fsp3) is 0.120. The Balaban J connectivity index is 1.56. The summed E-state index contributed by atoms with van der Waals surface area (Å²) in [5.41, 5.74) is 11.2. The number of nitrogens with two attached hydrogens (primary N) is 1. The summed E-state index contributed by atoms with van der Waals surface area (Å²) in [6, 6.07) is 26.7. The zero-order chi connectivity index (χ0) is 20.3. The molecule has 0 fully saturated rings. The summed E-state index contributed by atoms with van der Waals surface area (Å²) in [6.45, 7) is 0.609. The highest BCUT2D eigenvalue weighted by Crippen LogP contribution is 2.32. The molecule has 5 rings (SSSR count). The molecule has 0 aliphatic heterocycles. The number of rotatable bonds is 6. The zero-order valence-electron chi connectivity index (χ0n) is 16.5. The van der Waals surface area contributed by atoms with E-state index in [1.165, 1.54) is 5.56 Å². The van der Waals surface area contributed by atoms with Gasteiger partial charge in [-0.25, -0.2) is 0 Å². The van der Waals surface area contributed by atoms with Crippen molar-refractivity contribution in [2.75, 3.05) is 6.54 Å². The van der Waals surface area contributed by atoms with Crippen molar-refractivity contribution in [2.24, 2.45) is 5.73 Å². The van der Waals surface area contributed by atoms with E-state index in [-0.39, 0.29) is 5.92 Å². The van der Waals surface area contributed by atoms with Crippen molar-refractivity contribution in [1.82, 2.24) is 15.1 Å². The molecule has 0 bridgehead atoms. The van der Waals surface area contributed by atoms with Gasteiger partial charge in [-0.15, -0.1) is 0 Å². The molecule has 0 radical (unpaired) electrons. The third-order valence-electron chi connectivity index (χ3n) is 5.39. The van der Waals surface area contributed by atoms with Crippen LogP contribution in [0.1, 0.15) is 28.4 Å². The molecule has 2 heterocycles. The number of hydrogen-bond donors (Lipinski definition) is 2. The van der Waals surface area contributed by atoms with Gasteiger partial charge in [0.2, 0.25) is 0 Å². The van der Waals surface area contributed by atoms with Crippen LogP contribution in [0.4, 0.5) is 0 Å². The molecule has 0 amide bonds. The van der Waals surface area contributed by atoms with Gasteiger partial charge in [0, 0.05) is 22.7 Å². The minimum Gasteiger partial charge on any atom is -0.361 e. The second-order valence-electron chi connectivity index (χ2n) is 7.33. The second kappa shape index (κ2) is 7.97. The Morgan fingerprint density at radius 2 is 1.60 bits per heavy atom. The van der Waals surface area contributed by atoms with E-state index >= 15 is 0 Å².